The van der Waals surface area contributed by atoms with Crippen LogP contribution in [0.2, 0.25) is 0 Å². The van der Waals surface area contributed by atoms with Gasteiger partial charge in [-0.25, -0.2) is 0 Å². The quantitative estimate of drug-likeness (QED) is 0.777. The summed E-state index contributed by atoms with van der Waals surface area (Å²) >= 11 is 0. The van der Waals surface area contributed by atoms with Crippen molar-refractivity contribution in [1.29, 1.82) is 0 Å². The first-order valence-electron chi connectivity index (χ1n) is 6.50. The average Bonchev–Trinajstić information content (AvgIpc) is 2.76. The van der Waals surface area contributed by atoms with Crippen molar-refractivity contribution in [2.75, 3.05) is 19.6 Å². The summed E-state index contributed by atoms with van der Waals surface area (Å²) in [5.74, 6) is -1.49. The molecule has 6 nitrogen and oxygen atoms in total. The minimum absolute atomic E-state index is 0.0925. The lowest BCUT2D eigenvalue weighted by atomic mass is 9.96. The molecule has 0 bridgehead atoms. The third-order valence-corrected chi connectivity index (χ3v) is 3.20. The fourth-order valence-electron chi connectivity index (χ4n) is 1.89. The van der Waals surface area contributed by atoms with Crippen LogP contribution in [-0.4, -0.2) is 47.4 Å². The molecule has 1 atom stereocenters. The van der Waals surface area contributed by atoms with Gasteiger partial charge in [0, 0.05) is 31.5 Å². The molecule has 6 heteroatoms. The number of nitrogens with zero attached hydrogens (tertiary/aromatic N) is 1. The van der Waals surface area contributed by atoms with Gasteiger partial charge in [-0.05, 0) is 6.42 Å². The largest absolute Gasteiger partial charge is 0.481 e. The molecule has 2 N–H and O–H groups in total. The van der Waals surface area contributed by atoms with Gasteiger partial charge in [0.05, 0.1) is 5.92 Å². The Labute approximate surface area is 113 Å². The van der Waals surface area contributed by atoms with Crippen molar-refractivity contribution in [3.05, 3.63) is 0 Å². The molecule has 0 saturated carbocycles. The summed E-state index contributed by atoms with van der Waals surface area (Å²) in [7, 11) is 0. The van der Waals surface area contributed by atoms with Gasteiger partial charge >= 0.3 is 5.97 Å². The zero-order valence-corrected chi connectivity index (χ0v) is 11.7. The average molecular weight is 270 g/mol. The van der Waals surface area contributed by atoms with Crippen molar-refractivity contribution in [2.45, 2.75) is 33.6 Å². The standard InChI is InChI=1S/C13H22N2O4/c1-13(2,3)12(19)14-6-4-10(16)15-7-5-9(8-15)11(17)18/h9H,4-8H2,1-3H3,(H,14,19)(H,17,18). The number of nitrogens with one attached hydrogen (secondary N) is 1. The Morgan fingerprint density at radius 1 is 1.32 bits per heavy atom. The van der Waals surface area contributed by atoms with Crippen LogP contribution < -0.4 is 5.32 Å². The van der Waals surface area contributed by atoms with Crippen LogP contribution in [0.15, 0.2) is 0 Å². The first kappa shape index (κ1) is 15.5. The molecule has 1 heterocycles. The Kier molecular flexibility index (Phi) is 4.91. The highest BCUT2D eigenvalue weighted by Crippen LogP contribution is 2.17. The maximum atomic E-state index is 11.8. The highest BCUT2D eigenvalue weighted by Gasteiger charge is 2.30. The second kappa shape index (κ2) is 6.04. The first-order valence-corrected chi connectivity index (χ1v) is 6.50. The molecule has 0 spiro atoms. The van der Waals surface area contributed by atoms with Crippen LogP contribution >= 0.6 is 0 Å². The lowest BCUT2D eigenvalue weighted by molar-refractivity contribution is -0.141. The van der Waals surface area contributed by atoms with E-state index in [4.69, 9.17) is 5.11 Å². The Hall–Kier alpha value is -1.59. The van der Waals surface area contributed by atoms with Crippen LogP contribution in [0.1, 0.15) is 33.6 Å². The number of amides is 2. The van der Waals surface area contributed by atoms with Gasteiger partial charge in [0.15, 0.2) is 0 Å². The van der Waals surface area contributed by atoms with Crippen LogP contribution in [0.25, 0.3) is 0 Å². The van der Waals surface area contributed by atoms with E-state index in [9.17, 15) is 14.4 Å². The maximum absolute atomic E-state index is 11.8. The predicted octanol–water partition coefficient (Wildman–Crippen LogP) is 0.472. The lowest BCUT2D eigenvalue weighted by Crippen LogP contribution is -2.38. The molecule has 1 fully saturated rings. The lowest BCUT2D eigenvalue weighted by Gasteiger charge is -2.19. The van der Waals surface area contributed by atoms with Gasteiger partial charge in [0.25, 0.3) is 0 Å². The zero-order chi connectivity index (χ0) is 14.6. The molecule has 1 aliphatic rings. The molecular weight excluding hydrogens is 248 g/mol. The fraction of sp³-hybridized carbons (Fsp3) is 0.769. The molecule has 19 heavy (non-hydrogen) atoms. The van der Waals surface area contributed by atoms with E-state index in [0.717, 1.165) is 0 Å². The summed E-state index contributed by atoms with van der Waals surface area (Å²) in [5, 5.41) is 11.6. The Morgan fingerprint density at radius 2 is 1.95 bits per heavy atom. The molecule has 1 unspecified atom stereocenters. The summed E-state index contributed by atoms with van der Waals surface area (Å²) in [6.45, 7) is 6.49. The highest BCUT2D eigenvalue weighted by molar-refractivity contribution is 5.83. The molecule has 1 saturated heterocycles. The van der Waals surface area contributed by atoms with Crippen molar-refractivity contribution in [2.24, 2.45) is 11.3 Å². The molecule has 0 radical (unpaired) electrons. The van der Waals surface area contributed by atoms with E-state index in [1.54, 1.807) is 4.90 Å². The van der Waals surface area contributed by atoms with Crippen LogP contribution in [0.4, 0.5) is 0 Å². The fourth-order valence-corrected chi connectivity index (χ4v) is 1.89. The van der Waals surface area contributed by atoms with Crippen molar-refractivity contribution >= 4 is 17.8 Å². The third-order valence-electron chi connectivity index (χ3n) is 3.20. The normalized spacial score (nSPS) is 19.3. The molecule has 2 amide bonds. The van der Waals surface area contributed by atoms with Gasteiger partial charge in [-0.1, -0.05) is 20.8 Å². The Balaban J connectivity index is 2.30. The van der Waals surface area contributed by atoms with E-state index < -0.39 is 17.3 Å². The summed E-state index contributed by atoms with van der Waals surface area (Å²) in [5.41, 5.74) is -0.467. The number of hydrogen-bond acceptors (Lipinski definition) is 3. The maximum Gasteiger partial charge on any atom is 0.308 e. The van der Waals surface area contributed by atoms with Gasteiger partial charge < -0.3 is 15.3 Å². The van der Waals surface area contributed by atoms with Crippen molar-refractivity contribution in [3.63, 3.8) is 0 Å². The molecule has 0 aromatic rings. The first-order chi connectivity index (χ1) is 8.71. The summed E-state index contributed by atoms with van der Waals surface area (Å²) in [4.78, 5) is 35.8. The Bertz CT molecular complexity index is 373. The summed E-state index contributed by atoms with van der Waals surface area (Å²) in [6, 6.07) is 0. The number of aliphatic carboxylic acids is 1. The van der Waals surface area contributed by atoms with Crippen molar-refractivity contribution in [1.82, 2.24) is 10.2 Å². The number of carboxylic acids is 1. The van der Waals surface area contributed by atoms with Crippen molar-refractivity contribution < 1.29 is 19.5 Å². The minimum atomic E-state index is -0.851. The summed E-state index contributed by atoms with van der Waals surface area (Å²) < 4.78 is 0. The van der Waals surface area contributed by atoms with E-state index in [2.05, 4.69) is 5.32 Å². The highest BCUT2D eigenvalue weighted by atomic mass is 16.4. The topological polar surface area (TPSA) is 86.7 Å². The van der Waals surface area contributed by atoms with Crippen molar-refractivity contribution in [3.8, 4) is 0 Å². The van der Waals surface area contributed by atoms with E-state index in [1.165, 1.54) is 0 Å². The molecule has 0 aliphatic carbocycles. The second-order valence-corrected chi connectivity index (χ2v) is 5.92. The predicted molar refractivity (Wildman–Crippen MR) is 69.4 cm³/mol. The Morgan fingerprint density at radius 3 is 2.42 bits per heavy atom. The smallest absolute Gasteiger partial charge is 0.308 e. The zero-order valence-electron chi connectivity index (χ0n) is 11.7. The molecule has 108 valence electrons. The number of carboxylic acid groups (broad SMARTS) is 1. The van der Waals surface area contributed by atoms with Crippen LogP contribution in [-0.2, 0) is 14.4 Å². The molecule has 1 rings (SSSR count). The SMILES string of the molecule is CC(C)(C)C(=O)NCCC(=O)N1CCC(C(=O)O)C1. The number of carbonyl (C=O) groups is 3. The molecule has 0 aromatic heterocycles. The number of carbonyl (C=O) groups excluding carboxylic acids is 2. The molecule has 0 aromatic carbocycles. The van der Waals surface area contributed by atoms with Crippen LogP contribution in [0, 0.1) is 11.3 Å². The van der Waals surface area contributed by atoms with Gasteiger partial charge in [0.2, 0.25) is 11.8 Å². The van der Waals surface area contributed by atoms with E-state index >= 15 is 0 Å². The van der Waals surface area contributed by atoms with E-state index in [-0.39, 0.29) is 24.8 Å². The van der Waals surface area contributed by atoms with E-state index in [0.29, 0.717) is 19.5 Å². The van der Waals surface area contributed by atoms with Gasteiger partial charge in [-0.3, -0.25) is 14.4 Å². The second-order valence-electron chi connectivity index (χ2n) is 5.92. The number of hydrogen-bond donors (Lipinski definition) is 2. The van der Waals surface area contributed by atoms with E-state index in [1.807, 2.05) is 20.8 Å². The monoisotopic (exact) mass is 270 g/mol. The van der Waals surface area contributed by atoms with Gasteiger partial charge in [-0.2, -0.15) is 0 Å². The molecular formula is C13H22N2O4. The number of likely N-dealkylation sites (tertiary alicyclic amines) is 1. The van der Waals surface area contributed by atoms with Gasteiger partial charge in [0.1, 0.15) is 0 Å². The van der Waals surface area contributed by atoms with Gasteiger partial charge in [-0.15, -0.1) is 0 Å². The third kappa shape index (κ3) is 4.54. The molecule has 1 aliphatic heterocycles. The van der Waals surface area contributed by atoms with Crippen LogP contribution in [0.5, 0.6) is 0 Å². The number of rotatable bonds is 4. The summed E-state index contributed by atoms with van der Waals surface area (Å²) in [6.07, 6.45) is 0.726. The minimum Gasteiger partial charge on any atom is -0.481 e. The van der Waals surface area contributed by atoms with Crippen LogP contribution in [0.3, 0.4) is 0 Å².